The van der Waals surface area contributed by atoms with E-state index >= 15 is 0 Å². The second-order valence-electron chi connectivity index (χ2n) is 5.53. The third-order valence-electron chi connectivity index (χ3n) is 3.97. The molecule has 0 aliphatic carbocycles. The highest BCUT2D eigenvalue weighted by Gasteiger charge is 2.36. The Morgan fingerprint density at radius 2 is 1.48 bits per heavy atom. The maximum Gasteiger partial charge on any atom is 0.261 e. The van der Waals surface area contributed by atoms with Gasteiger partial charge in [-0.05, 0) is 24.6 Å². The van der Waals surface area contributed by atoms with E-state index in [1.165, 1.54) is 4.90 Å². The van der Waals surface area contributed by atoms with Crippen LogP contribution in [0.4, 0.5) is 0 Å². The van der Waals surface area contributed by atoms with E-state index in [2.05, 4.69) is 0 Å². The summed E-state index contributed by atoms with van der Waals surface area (Å²) in [5, 5.41) is 0. The quantitative estimate of drug-likeness (QED) is 0.771. The molecule has 0 saturated heterocycles. The molecule has 0 saturated carbocycles. The smallest absolute Gasteiger partial charge is 0.261 e. The number of ether oxygens (including phenoxy) is 1. The van der Waals surface area contributed by atoms with Gasteiger partial charge in [0.15, 0.2) is 0 Å². The second-order valence-corrected chi connectivity index (χ2v) is 5.53. The number of amides is 2. The van der Waals surface area contributed by atoms with Crippen molar-refractivity contribution in [2.24, 2.45) is 0 Å². The van der Waals surface area contributed by atoms with Gasteiger partial charge in [0.2, 0.25) is 0 Å². The molecule has 4 nitrogen and oxygen atoms in total. The van der Waals surface area contributed by atoms with E-state index in [1.54, 1.807) is 24.3 Å². The highest BCUT2D eigenvalue weighted by Crippen LogP contribution is 2.23. The zero-order chi connectivity index (χ0) is 16.2. The van der Waals surface area contributed by atoms with Gasteiger partial charge in [-0.15, -0.1) is 0 Å². The van der Waals surface area contributed by atoms with Gasteiger partial charge in [0.1, 0.15) is 0 Å². The van der Waals surface area contributed by atoms with Crippen LogP contribution in [0.5, 0.6) is 0 Å². The Morgan fingerprint density at radius 1 is 0.913 bits per heavy atom. The van der Waals surface area contributed by atoms with Crippen molar-refractivity contribution in [1.29, 1.82) is 0 Å². The molecule has 0 spiro atoms. The lowest BCUT2D eigenvalue weighted by molar-refractivity contribution is 0.0295. The third kappa shape index (κ3) is 3.17. The fourth-order valence-corrected chi connectivity index (χ4v) is 2.90. The summed E-state index contributed by atoms with van der Waals surface area (Å²) in [7, 11) is 0. The van der Waals surface area contributed by atoms with Crippen molar-refractivity contribution in [2.45, 2.75) is 19.4 Å². The van der Waals surface area contributed by atoms with Crippen LogP contribution in [0.2, 0.25) is 0 Å². The molecule has 2 aromatic rings. The zero-order valence-corrected chi connectivity index (χ0v) is 13.1. The van der Waals surface area contributed by atoms with E-state index in [1.807, 2.05) is 37.3 Å². The number of fused-ring (bicyclic) bond motifs is 1. The van der Waals surface area contributed by atoms with E-state index in [9.17, 15) is 9.59 Å². The average Bonchev–Trinajstić information content (AvgIpc) is 2.81. The molecule has 2 aromatic carbocycles. The number of nitrogens with zero attached hydrogens (tertiary/aromatic N) is 1. The van der Waals surface area contributed by atoms with Crippen molar-refractivity contribution in [1.82, 2.24) is 4.90 Å². The van der Waals surface area contributed by atoms with Crippen molar-refractivity contribution < 1.29 is 14.3 Å². The molecule has 23 heavy (non-hydrogen) atoms. The first-order valence-corrected chi connectivity index (χ1v) is 7.81. The lowest BCUT2D eigenvalue weighted by atomic mass is 10.1. The van der Waals surface area contributed by atoms with E-state index in [0.29, 0.717) is 24.2 Å². The van der Waals surface area contributed by atoms with Crippen molar-refractivity contribution >= 4 is 11.8 Å². The highest BCUT2D eigenvalue weighted by molar-refractivity contribution is 6.21. The predicted molar refractivity (Wildman–Crippen MR) is 87.4 cm³/mol. The predicted octanol–water partition coefficient (Wildman–Crippen LogP) is 2.93. The Balaban J connectivity index is 1.76. The molecule has 0 fully saturated rings. The molecule has 0 bridgehead atoms. The molecule has 0 aromatic heterocycles. The minimum Gasteiger partial charge on any atom is -0.376 e. The summed E-state index contributed by atoms with van der Waals surface area (Å²) in [5.41, 5.74) is 2.09. The number of hydrogen-bond acceptors (Lipinski definition) is 3. The molecular formula is C19H19NO3. The van der Waals surface area contributed by atoms with E-state index in [-0.39, 0.29) is 24.5 Å². The molecule has 1 aliphatic heterocycles. The SMILES string of the molecule is CCOC(Cc1ccccc1)CN1C(=O)c2ccccc2C1=O. The monoisotopic (exact) mass is 309 g/mol. The van der Waals surface area contributed by atoms with E-state index < -0.39 is 0 Å². The molecule has 1 heterocycles. The molecule has 3 rings (SSSR count). The molecule has 1 atom stereocenters. The summed E-state index contributed by atoms with van der Waals surface area (Å²) in [6, 6.07) is 16.9. The van der Waals surface area contributed by atoms with Crippen molar-refractivity contribution in [3.05, 3.63) is 71.3 Å². The summed E-state index contributed by atoms with van der Waals surface area (Å²) in [4.78, 5) is 26.2. The van der Waals surface area contributed by atoms with Gasteiger partial charge in [-0.1, -0.05) is 42.5 Å². The van der Waals surface area contributed by atoms with Gasteiger partial charge < -0.3 is 4.74 Å². The Labute approximate surface area is 135 Å². The minimum atomic E-state index is -0.233. The molecule has 0 radical (unpaired) electrons. The van der Waals surface area contributed by atoms with Crippen molar-refractivity contribution in [3.63, 3.8) is 0 Å². The normalized spacial score (nSPS) is 14.9. The minimum absolute atomic E-state index is 0.204. The first-order valence-electron chi connectivity index (χ1n) is 7.81. The summed E-state index contributed by atoms with van der Waals surface area (Å²) < 4.78 is 5.76. The van der Waals surface area contributed by atoms with Crippen LogP contribution >= 0.6 is 0 Å². The highest BCUT2D eigenvalue weighted by atomic mass is 16.5. The Bertz CT molecular complexity index is 677. The topological polar surface area (TPSA) is 46.6 Å². The molecule has 4 heteroatoms. The number of rotatable bonds is 6. The molecule has 1 unspecified atom stereocenters. The first-order chi connectivity index (χ1) is 11.2. The van der Waals surface area contributed by atoms with Gasteiger partial charge in [0, 0.05) is 13.0 Å². The van der Waals surface area contributed by atoms with Crippen LogP contribution in [0.15, 0.2) is 54.6 Å². The van der Waals surface area contributed by atoms with E-state index in [0.717, 1.165) is 5.56 Å². The average molecular weight is 309 g/mol. The largest absolute Gasteiger partial charge is 0.376 e. The summed E-state index contributed by atoms with van der Waals surface area (Å²) in [5.74, 6) is -0.466. The standard InChI is InChI=1S/C19H19NO3/c1-2-23-15(12-14-8-4-3-5-9-14)13-20-18(21)16-10-6-7-11-17(16)19(20)22/h3-11,15H,2,12-13H2,1H3. The fraction of sp³-hybridized carbons (Fsp3) is 0.263. The number of benzene rings is 2. The van der Waals surface area contributed by atoms with Crippen LogP contribution < -0.4 is 0 Å². The van der Waals surface area contributed by atoms with Gasteiger partial charge in [-0.25, -0.2) is 0 Å². The van der Waals surface area contributed by atoms with Gasteiger partial charge in [0.25, 0.3) is 11.8 Å². The molecular weight excluding hydrogens is 290 g/mol. The van der Waals surface area contributed by atoms with Crippen LogP contribution in [0.3, 0.4) is 0 Å². The van der Waals surface area contributed by atoms with Crippen LogP contribution in [0, 0.1) is 0 Å². The second kappa shape index (κ2) is 6.75. The number of hydrogen-bond donors (Lipinski definition) is 0. The maximum absolute atomic E-state index is 12.4. The molecule has 118 valence electrons. The van der Waals surface area contributed by atoms with Crippen molar-refractivity contribution in [3.8, 4) is 0 Å². The van der Waals surface area contributed by atoms with Crippen LogP contribution in [0.1, 0.15) is 33.2 Å². The van der Waals surface area contributed by atoms with Crippen LogP contribution in [-0.4, -0.2) is 36.0 Å². The summed E-state index contributed by atoms with van der Waals surface area (Å²) >= 11 is 0. The Kier molecular flexibility index (Phi) is 4.53. The third-order valence-corrected chi connectivity index (χ3v) is 3.97. The van der Waals surface area contributed by atoms with E-state index in [4.69, 9.17) is 4.74 Å². The van der Waals surface area contributed by atoms with Crippen LogP contribution in [0.25, 0.3) is 0 Å². The first kappa shape index (κ1) is 15.4. The van der Waals surface area contributed by atoms with Gasteiger partial charge in [-0.2, -0.15) is 0 Å². The van der Waals surface area contributed by atoms with Gasteiger partial charge in [0.05, 0.1) is 23.8 Å². The number of carbonyl (C=O) groups excluding carboxylic acids is 2. The molecule has 1 aliphatic rings. The summed E-state index contributed by atoms with van der Waals surface area (Å²) in [6.07, 6.45) is 0.465. The summed E-state index contributed by atoms with van der Waals surface area (Å²) in [6.45, 7) is 2.73. The Hall–Kier alpha value is -2.46. The lowest BCUT2D eigenvalue weighted by Crippen LogP contribution is -2.39. The number of imide groups is 1. The van der Waals surface area contributed by atoms with Crippen LogP contribution in [-0.2, 0) is 11.2 Å². The van der Waals surface area contributed by atoms with Gasteiger partial charge >= 0.3 is 0 Å². The van der Waals surface area contributed by atoms with Crippen molar-refractivity contribution in [2.75, 3.05) is 13.2 Å². The zero-order valence-electron chi connectivity index (χ0n) is 13.1. The molecule has 2 amide bonds. The lowest BCUT2D eigenvalue weighted by Gasteiger charge is -2.22. The fourth-order valence-electron chi connectivity index (χ4n) is 2.90. The maximum atomic E-state index is 12.4. The number of carbonyl (C=O) groups is 2. The Morgan fingerprint density at radius 3 is 2.04 bits per heavy atom. The molecule has 0 N–H and O–H groups in total. The van der Waals surface area contributed by atoms with Gasteiger partial charge in [-0.3, -0.25) is 14.5 Å².